The first-order valence-corrected chi connectivity index (χ1v) is 11.2. The number of amides is 1. The first kappa shape index (κ1) is 24.3. The van der Waals surface area contributed by atoms with Crippen LogP contribution in [0.1, 0.15) is 34.1 Å². The number of aromatic nitrogens is 2. The molecule has 1 atom stereocenters. The first-order chi connectivity index (χ1) is 16.2. The van der Waals surface area contributed by atoms with Crippen molar-refractivity contribution in [3.05, 3.63) is 82.1 Å². The summed E-state index contributed by atoms with van der Waals surface area (Å²) in [4.78, 5) is 15.0. The lowest BCUT2D eigenvalue weighted by Gasteiger charge is -2.31. The molecule has 1 saturated heterocycles. The van der Waals surface area contributed by atoms with Crippen LogP contribution in [0.3, 0.4) is 0 Å². The molecule has 2 heterocycles. The van der Waals surface area contributed by atoms with E-state index in [0.29, 0.717) is 11.3 Å². The van der Waals surface area contributed by atoms with E-state index in [1.807, 2.05) is 31.2 Å². The van der Waals surface area contributed by atoms with E-state index in [4.69, 9.17) is 16.3 Å². The predicted molar refractivity (Wildman–Crippen MR) is 122 cm³/mol. The van der Waals surface area contributed by atoms with Gasteiger partial charge in [-0.25, -0.2) is 4.68 Å². The summed E-state index contributed by atoms with van der Waals surface area (Å²) in [6, 6.07) is 13.5. The number of carbonyl (C=O) groups is 1. The number of alkyl halides is 3. The topological polar surface area (TPSA) is 59.4 Å². The quantitative estimate of drug-likeness (QED) is 0.542. The second-order valence-electron chi connectivity index (χ2n) is 8.22. The summed E-state index contributed by atoms with van der Waals surface area (Å²) in [5.41, 5.74) is 0.269. The van der Waals surface area contributed by atoms with Gasteiger partial charge in [-0.05, 0) is 36.2 Å². The molecule has 1 fully saturated rings. The normalized spacial score (nSPS) is 17.0. The number of halogens is 4. The molecule has 0 saturated carbocycles. The predicted octanol–water partition coefficient (Wildman–Crippen LogP) is 4.70. The average Bonchev–Trinajstić information content (AvgIpc) is 3.24. The summed E-state index contributed by atoms with van der Waals surface area (Å²) in [5.74, 6) is -0.854. The summed E-state index contributed by atoms with van der Waals surface area (Å²) >= 11 is 5.92. The molecule has 0 bridgehead atoms. The molecule has 0 spiro atoms. The fraction of sp³-hybridized carbons (Fsp3) is 0.333. The van der Waals surface area contributed by atoms with Gasteiger partial charge in [-0.3, -0.25) is 9.69 Å². The monoisotopic (exact) mass is 492 g/mol. The van der Waals surface area contributed by atoms with Crippen molar-refractivity contribution in [1.82, 2.24) is 20.0 Å². The zero-order chi connectivity index (χ0) is 24.3. The van der Waals surface area contributed by atoms with Gasteiger partial charge in [-0.15, -0.1) is 0 Å². The third kappa shape index (κ3) is 5.78. The number of hydrogen-bond donors (Lipinski definition) is 1. The van der Waals surface area contributed by atoms with Gasteiger partial charge in [0, 0.05) is 31.2 Å². The molecule has 2 aromatic carbocycles. The van der Waals surface area contributed by atoms with Crippen LogP contribution >= 0.6 is 11.6 Å². The molecule has 1 aromatic heterocycles. The minimum atomic E-state index is -4.79. The highest BCUT2D eigenvalue weighted by atomic mass is 35.5. The van der Waals surface area contributed by atoms with Crippen molar-refractivity contribution < 1.29 is 22.7 Å². The molecule has 1 aliphatic heterocycles. The Labute approximate surface area is 200 Å². The maximum absolute atomic E-state index is 13.9. The lowest BCUT2D eigenvalue weighted by molar-refractivity contribution is -0.143. The molecule has 0 aliphatic carbocycles. The largest absolute Gasteiger partial charge is 0.434 e. The van der Waals surface area contributed by atoms with E-state index in [1.165, 1.54) is 18.2 Å². The van der Waals surface area contributed by atoms with E-state index in [1.54, 1.807) is 6.07 Å². The SMILES string of the molecule is CC1CN(Cc2cccc(CNC(=O)c3cnn(-c4cccc(Cl)c4)c3C(F)(F)F)c2)CCO1. The van der Waals surface area contributed by atoms with E-state index in [9.17, 15) is 18.0 Å². The minimum absolute atomic E-state index is 0.0891. The summed E-state index contributed by atoms with van der Waals surface area (Å²) in [5, 5.41) is 6.67. The molecule has 6 nitrogen and oxygen atoms in total. The summed E-state index contributed by atoms with van der Waals surface area (Å²) in [7, 11) is 0. The van der Waals surface area contributed by atoms with Crippen LogP contribution in [0.5, 0.6) is 0 Å². The van der Waals surface area contributed by atoms with Gasteiger partial charge in [0.2, 0.25) is 0 Å². The van der Waals surface area contributed by atoms with Crippen LogP contribution < -0.4 is 5.32 Å². The van der Waals surface area contributed by atoms with E-state index < -0.39 is 23.3 Å². The smallest absolute Gasteiger partial charge is 0.376 e. The first-order valence-electron chi connectivity index (χ1n) is 10.8. The second kappa shape index (κ2) is 10.2. The highest BCUT2D eigenvalue weighted by molar-refractivity contribution is 6.30. The molecule has 10 heteroatoms. The number of ether oxygens (including phenoxy) is 1. The molecule has 1 amide bonds. The summed E-state index contributed by atoms with van der Waals surface area (Å²) < 4.78 is 47.9. The zero-order valence-corrected chi connectivity index (χ0v) is 19.2. The fourth-order valence-corrected chi connectivity index (χ4v) is 4.18. The molecule has 1 unspecified atom stereocenters. The van der Waals surface area contributed by atoms with Crippen LogP contribution in [0.4, 0.5) is 13.2 Å². The van der Waals surface area contributed by atoms with E-state index in [2.05, 4.69) is 15.3 Å². The Bertz CT molecular complexity index is 1170. The van der Waals surface area contributed by atoms with E-state index in [-0.39, 0.29) is 23.4 Å². The number of rotatable bonds is 6. The molecular weight excluding hydrogens is 469 g/mol. The summed E-state index contributed by atoms with van der Waals surface area (Å²) in [6.07, 6.45) is -3.69. The molecule has 1 N–H and O–H groups in total. The standard InChI is InChI=1S/C24H24ClF3N4O2/c1-16-14-31(8-9-34-16)15-18-5-2-4-17(10-18)12-29-23(33)21-13-30-32(22(21)24(26,27)28)20-7-3-6-19(25)11-20/h2-7,10-11,13,16H,8-9,12,14-15H2,1H3,(H,29,33). The molecule has 180 valence electrons. The number of nitrogens with one attached hydrogen (secondary N) is 1. The molecule has 34 heavy (non-hydrogen) atoms. The third-order valence-corrected chi connectivity index (χ3v) is 5.75. The number of hydrogen-bond acceptors (Lipinski definition) is 4. The lowest BCUT2D eigenvalue weighted by atomic mass is 10.1. The van der Waals surface area contributed by atoms with Crippen molar-refractivity contribution in [2.75, 3.05) is 19.7 Å². The lowest BCUT2D eigenvalue weighted by Crippen LogP contribution is -2.40. The van der Waals surface area contributed by atoms with Crippen molar-refractivity contribution in [2.24, 2.45) is 0 Å². The van der Waals surface area contributed by atoms with E-state index >= 15 is 0 Å². The fourth-order valence-electron chi connectivity index (χ4n) is 4.00. The van der Waals surface area contributed by atoms with Gasteiger partial charge in [0.25, 0.3) is 5.91 Å². The van der Waals surface area contributed by atoms with Gasteiger partial charge >= 0.3 is 6.18 Å². The second-order valence-corrected chi connectivity index (χ2v) is 8.65. The van der Waals surface area contributed by atoms with Crippen LogP contribution in [0.25, 0.3) is 5.69 Å². The van der Waals surface area contributed by atoms with E-state index in [0.717, 1.165) is 37.0 Å². The number of nitrogens with zero attached hydrogens (tertiary/aromatic N) is 3. The molecule has 3 aromatic rings. The molecule has 1 aliphatic rings. The Balaban J connectivity index is 1.48. The maximum Gasteiger partial charge on any atom is 0.434 e. The Morgan fingerprint density at radius 1 is 1.21 bits per heavy atom. The zero-order valence-electron chi connectivity index (χ0n) is 18.5. The van der Waals surface area contributed by atoms with Crippen molar-refractivity contribution in [2.45, 2.75) is 32.3 Å². The van der Waals surface area contributed by atoms with Crippen molar-refractivity contribution in [3.8, 4) is 5.69 Å². The van der Waals surface area contributed by atoms with Gasteiger partial charge in [0.05, 0.1) is 30.2 Å². The van der Waals surface area contributed by atoms with Crippen LogP contribution in [-0.4, -0.2) is 46.4 Å². The summed E-state index contributed by atoms with van der Waals surface area (Å²) in [6.45, 7) is 5.20. The van der Waals surface area contributed by atoms with Crippen molar-refractivity contribution >= 4 is 17.5 Å². The Morgan fingerprint density at radius 3 is 2.71 bits per heavy atom. The minimum Gasteiger partial charge on any atom is -0.376 e. The van der Waals surface area contributed by atoms with Crippen LogP contribution in [0.15, 0.2) is 54.7 Å². The Kier molecular flexibility index (Phi) is 7.25. The van der Waals surface area contributed by atoms with Gasteiger partial charge in [0.15, 0.2) is 5.69 Å². The van der Waals surface area contributed by atoms with Crippen LogP contribution in [0.2, 0.25) is 5.02 Å². The van der Waals surface area contributed by atoms with Crippen molar-refractivity contribution in [3.63, 3.8) is 0 Å². The molecular formula is C24H24ClF3N4O2. The number of carbonyl (C=O) groups excluding carboxylic acids is 1. The average molecular weight is 493 g/mol. The van der Waals surface area contributed by atoms with Gasteiger partial charge < -0.3 is 10.1 Å². The Hall–Kier alpha value is -2.88. The van der Waals surface area contributed by atoms with Gasteiger partial charge in [0.1, 0.15) is 0 Å². The molecule has 0 radical (unpaired) electrons. The Morgan fingerprint density at radius 2 is 1.97 bits per heavy atom. The van der Waals surface area contributed by atoms with Gasteiger partial charge in [-0.2, -0.15) is 18.3 Å². The maximum atomic E-state index is 13.9. The number of morpholine rings is 1. The molecule has 4 rings (SSSR count). The van der Waals surface area contributed by atoms with Gasteiger partial charge in [-0.1, -0.05) is 41.9 Å². The van der Waals surface area contributed by atoms with Crippen molar-refractivity contribution in [1.29, 1.82) is 0 Å². The highest BCUT2D eigenvalue weighted by Crippen LogP contribution is 2.34. The third-order valence-electron chi connectivity index (χ3n) is 5.51. The van der Waals surface area contributed by atoms with Crippen LogP contribution in [-0.2, 0) is 24.0 Å². The van der Waals surface area contributed by atoms with Crippen LogP contribution in [0, 0.1) is 0 Å². The highest BCUT2D eigenvalue weighted by Gasteiger charge is 2.40. The number of benzene rings is 2.